The molecule has 5 atom stereocenters. The van der Waals surface area contributed by atoms with Crippen molar-refractivity contribution in [3.63, 3.8) is 0 Å². The maximum atomic E-state index is 12.2. The van der Waals surface area contributed by atoms with E-state index in [0.717, 1.165) is 70.6 Å². The lowest BCUT2D eigenvalue weighted by Gasteiger charge is -2.19. The van der Waals surface area contributed by atoms with Crippen molar-refractivity contribution < 1.29 is 71.4 Å². The molecular formula is C49H92O15P2. The molecule has 0 aromatic heterocycles. The summed E-state index contributed by atoms with van der Waals surface area (Å²) in [6.45, 7) is 0.404. The Morgan fingerprint density at radius 1 is 0.394 bits per heavy atom. The summed E-state index contributed by atoms with van der Waals surface area (Å²) >= 11 is 0. The third-order valence-electron chi connectivity index (χ3n) is 10.6. The Kier molecular flexibility index (Phi) is 44.5. The molecule has 0 fully saturated rings. The molecule has 66 heavy (non-hydrogen) atoms. The van der Waals surface area contributed by atoms with Gasteiger partial charge in [0, 0.05) is 12.8 Å². The minimum absolute atomic E-state index is 0.182. The standard InChI is InChI=1S/C49H92O15P2/c1-3-5-7-9-11-13-15-17-19-20-21-22-24-26-28-30-32-34-36-38-49(54)60-40-46(51)42-62-66(57,58)64-44-47(52)43-63-65(55,56)61-41-45(50)39-59-48(53)37-35-33-31-29-27-25-23-18-16-14-12-10-8-6-4-2/h11,13,17,19,21-22,45-47,50-52H,3-10,12,14-16,18,20,23-44H2,1-2H3,(H,55,56)(H,57,58)/b13-11-,19-17-,22-21-. The Morgan fingerprint density at radius 3 is 1.00 bits per heavy atom. The van der Waals surface area contributed by atoms with Crippen molar-refractivity contribution in [3.8, 4) is 0 Å². The lowest BCUT2D eigenvalue weighted by molar-refractivity contribution is -0.148. The predicted octanol–water partition coefficient (Wildman–Crippen LogP) is 11.8. The van der Waals surface area contributed by atoms with Crippen LogP contribution in [0.25, 0.3) is 0 Å². The number of allylic oxidation sites excluding steroid dienone is 6. The lowest BCUT2D eigenvalue weighted by atomic mass is 10.0. The summed E-state index contributed by atoms with van der Waals surface area (Å²) in [6, 6.07) is 0. The van der Waals surface area contributed by atoms with Gasteiger partial charge in [-0.1, -0.05) is 179 Å². The molecule has 0 aliphatic rings. The second-order valence-corrected chi connectivity index (χ2v) is 20.1. The molecule has 388 valence electrons. The van der Waals surface area contributed by atoms with Gasteiger partial charge in [0.25, 0.3) is 0 Å². The fourth-order valence-electron chi connectivity index (χ4n) is 6.63. The van der Waals surface area contributed by atoms with E-state index in [0.29, 0.717) is 12.8 Å². The van der Waals surface area contributed by atoms with Crippen molar-refractivity contribution in [2.24, 2.45) is 0 Å². The topological polar surface area (TPSA) is 225 Å². The molecule has 0 spiro atoms. The van der Waals surface area contributed by atoms with E-state index in [4.69, 9.17) is 9.47 Å². The van der Waals surface area contributed by atoms with Gasteiger partial charge >= 0.3 is 27.6 Å². The molecule has 0 radical (unpaired) electrons. The largest absolute Gasteiger partial charge is 0.472 e. The first kappa shape index (κ1) is 64.3. The lowest BCUT2D eigenvalue weighted by Crippen LogP contribution is -2.25. The SMILES string of the molecule is CCCCC/C=C\C/C=C\C/C=C\CCCCCCCCC(=O)OCC(O)COP(=O)(O)OCC(O)COP(=O)(O)OCC(O)COC(=O)CCCCCCCCCCCCCCCCC. The van der Waals surface area contributed by atoms with E-state index in [9.17, 15) is 43.8 Å². The molecule has 0 bridgehead atoms. The molecule has 0 aromatic rings. The number of ether oxygens (including phenoxy) is 2. The summed E-state index contributed by atoms with van der Waals surface area (Å²) in [5.41, 5.74) is 0. The van der Waals surface area contributed by atoms with Crippen LogP contribution in [0.1, 0.15) is 206 Å². The van der Waals surface area contributed by atoms with Crippen molar-refractivity contribution in [2.45, 2.75) is 225 Å². The first-order valence-electron chi connectivity index (χ1n) is 25.3. The van der Waals surface area contributed by atoms with Crippen LogP contribution in [0.2, 0.25) is 0 Å². The number of hydrogen-bond acceptors (Lipinski definition) is 13. The Labute approximate surface area is 398 Å². The van der Waals surface area contributed by atoms with E-state index in [-0.39, 0.29) is 12.8 Å². The highest BCUT2D eigenvalue weighted by Gasteiger charge is 2.28. The average Bonchev–Trinajstić information content (AvgIpc) is 3.29. The third kappa shape index (κ3) is 47.3. The minimum Gasteiger partial charge on any atom is -0.463 e. The molecule has 0 amide bonds. The Hall–Kier alpha value is -1.74. The van der Waals surface area contributed by atoms with Crippen LogP contribution in [0, 0.1) is 0 Å². The maximum Gasteiger partial charge on any atom is 0.472 e. The predicted molar refractivity (Wildman–Crippen MR) is 261 cm³/mol. The van der Waals surface area contributed by atoms with Crippen molar-refractivity contribution in [2.75, 3.05) is 39.6 Å². The van der Waals surface area contributed by atoms with Crippen molar-refractivity contribution in [1.29, 1.82) is 0 Å². The van der Waals surface area contributed by atoms with Gasteiger partial charge in [0.2, 0.25) is 0 Å². The number of phosphoric ester groups is 2. The van der Waals surface area contributed by atoms with Crippen LogP contribution >= 0.6 is 15.6 Å². The summed E-state index contributed by atoms with van der Waals surface area (Å²) in [6.07, 6.45) is 41.2. The number of aliphatic hydroxyl groups excluding tert-OH is 3. The minimum atomic E-state index is -4.79. The molecule has 0 saturated heterocycles. The molecule has 0 aliphatic heterocycles. The van der Waals surface area contributed by atoms with Gasteiger partial charge in [-0.2, -0.15) is 0 Å². The van der Waals surface area contributed by atoms with Gasteiger partial charge in [-0.15, -0.1) is 0 Å². The van der Waals surface area contributed by atoms with Gasteiger partial charge in [0.15, 0.2) is 0 Å². The van der Waals surface area contributed by atoms with Crippen LogP contribution in [0.4, 0.5) is 0 Å². The Balaban J connectivity index is 3.87. The van der Waals surface area contributed by atoms with E-state index < -0.39 is 85.5 Å². The van der Waals surface area contributed by atoms with E-state index >= 15 is 0 Å². The number of unbranched alkanes of at least 4 members (excludes halogenated alkanes) is 23. The quantitative estimate of drug-likeness (QED) is 0.0165. The molecular weight excluding hydrogens is 890 g/mol. The first-order valence-corrected chi connectivity index (χ1v) is 28.3. The zero-order valence-corrected chi connectivity index (χ0v) is 42.7. The number of hydrogen-bond donors (Lipinski definition) is 5. The van der Waals surface area contributed by atoms with E-state index in [1.807, 2.05) is 0 Å². The van der Waals surface area contributed by atoms with Crippen LogP contribution < -0.4 is 0 Å². The zero-order chi connectivity index (χ0) is 48.8. The maximum absolute atomic E-state index is 12.2. The first-order chi connectivity index (χ1) is 31.8. The normalized spacial score (nSPS) is 15.3. The van der Waals surface area contributed by atoms with E-state index in [1.54, 1.807) is 0 Å². The molecule has 5 unspecified atom stereocenters. The molecule has 0 aliphatic carbocycles. The molecule has 0 aromatic carbocycles. The van der Waals surface area contributed by atoms with Gasteiger partial charge < -0.3 is 34.6 Å². The molecule has 0 heterocycles. The highest BCUT2D eigenvalue weighted by molar-refractivity contribution is 7.47. The molecule has 0 rings (SSSR count). The van der Waals surface area contributed by atoms with Crippen LogP contribution in [0.3, 0.4) is 0 Å². The van der Waals surface area contributed by atoms with Gasteiger partial charge in [-0.25, -0.2) is 9.13 Å². The average molecular weight is 983 g/mol. The van der Waals surface area contributed by atoms with Crippen LogP contribution in [-0.4, -0.2) is 95.0 Å². The van der Waals surface area contributed by atoms with Gasteiger partial charge in [0.05, 0.1) is 26.4 Å². The van der Waals surface area contributed by atoms with Crippen LogP contribution in [0.15, 0.2) is 36.5 Å². The molecule has 15 nitrogen and oxygen atoms in total. The number of carbonyl (C=O) groups is 2. The highest BCUT2D eigenvalue weighted by Crippen LogP contribution is 2.45. The van der Waals surface area contributed by atoms with Gasteiger partial charge in [-0.3, -0.25) is 27.7 Å². The second-order valence-electron chi connectivity index (χ2n) is 17.2. The fourth-order valence-corrected chi connectivity index (χ4v) is 8.22. The summed E-state index contributed by atoms with van der Waals surface area (Å²) in [4.78, 5) is 43.8. The van der Waals surface area contributed by atoms with Crippen molar-refractivity contribution in [3.05, 3.63) is 36.5 Å². The Bertz CT molecular complexity index is 1330. The third-order valence-corrected chi connectivity index (χ3v) is 12.5. The van der Waals surface area contributed by atoms with E-state index in [1.165, 1.54) is 96.3 Å². The number of rotatable bonds is 49. The Morgan fingerprint density at radius 2 is 0.652 bits per heavy atom. The van der Waals surface area contributed by atoms with E-state index in [2.05, 4.69) is 68.4 Å². The fraction of sp³-hybridized carbons (Fsp3) is 0.837. The summed E-state index contributed by atoms with van der Waals surface area (Å²) in [5.74, 6) is -1.00. The monoisotopic (exact) mass is 983 g/mol. The van der Waals surface area contributed by atoms with Crippen molar-refractivity contribution in [1.82, 2.24) is 0 Å². The zero-order valence-electron chi connectivity index (χ0n) is 40.9. The molecule has 17 heteroatoms. The molecule has 0 saturated carbocycles. The van der Waals surface area contributed by atoms with Gasteiger partial charge in [-0.05, 0) is 51.4 Å². The summed E-state index contributed by atoms with van der Waals surface area (Å²) < 4.78 is 53.0. The second kappa shape index (κ2) is 45.7. The highest BCUT2D eigenvalue weighted by atomic mass is 31.2. The van der Waals surface area contributed by atoms with Crippen molar-refractivity contribution >= 4 is 27.6 Å². The number of esters is 2. The molecule has 5 N–H and O–H groups in total. The number of phosphoric acid groups is 2. The number of aliphatic hydroxyl groups is 3. The number of carbonyl (C=O) groups excluding carboxylic acids is 2. The smallest absolute Gasteiger partial charge is 0.463 e. The van der Waals surface area contributed by atoms with Gasteiger partial charge in [0.1, 0.15) is 31.5 Å². The van der Waals surface area contributed by atoms with Crippen LogP contribution in [0.5, 0.6) is 0 Å². The summed E-state index contributed by atoms with van der Waals surface area (Å²) in [5, 5.41) is 30.0. The summed E-state index contributed by atoms with van der Waals surface area (Å²) in [7, 11) is -9.57. The van der Waals surface area contributed by atoms with Crippen LogP contribution in [-0.2, 0) is 46.3 Å².